The summed E-state index contributed by atoms with van der Waals surface area (Å²) >= 11 is 1.41. The van der Waals surface area contributed by atoms with E-state index in [0.717, 1.165) is 21.8 Å². The first-order valence-corrected chi connectivity index (χ1v) is 8.08. The molecule has 2 rings (SSSR count). The highest BCUT2D eigenvalue weighted by molar-refractivity contribution is 7.16. The summed E-state index contributed by atoms with van der Waals surface area (Å²) in [6.45, 7) is 8.03. The summed E-state index contributed by atoms with van der Waals surface area (Å²) in [6.07, 6.45) is 0.125. The maximum atomic E-state index is 12.2. The van der Waals surface area contributed by atoms with Crippen molar-refractivity contribution >= 4 is 22.3 Å². The van der Waals surface area contributed by atoms with E-state index in [9.17, 15) is 4.79 Å². The zero-order chi connectivity index (χ0) is 16.3. The van der Waals surface area contributed by atoms with Crippen LogP contribution in [-0.2, 0) is 4.74 Å². The molecule has 0 spiro atoms. The monoisotopic (exact) mass is 319 g/mol. The molecule has 1 heterocycles. The molecule has 0 saturated carbocycles. The molecule has 0 unspecified atom stereocenters. The fraction of sp³-hybridized carbons (Fsp3) is 0.353. The number of anilines is 1. The van der Waals surface area contributed by atoms with Crippen LogP contribution in [-0.4, -0.2) is 18.7 Å². The minimum absolute atomic E-state index is 0.125. The van der Waals surface area contributed by atoms with Crippen molar-refractivity contribution in [3.63, 3.8) is 0 Å². The zero-order valence-electron chi connectivity index (χ0n) is 13.3. The molecule has 0 aliphatic heterocycles. The fourth-order valence-electron chi connectivity index (χ4n) is 2.29. The van der Waals surface area contributed by atoms with E-state index in [0.29, 0.717) is 17.2 Å². The van der Waals surface area contributed by atoms with E-state index in [-0.39, 0.29) is 12.1 Å². The number of hydrogen-bond donors (Lipinski definition) is 1. The van der Waals surface area contributed by atoms with E-state index in [1.54, 1.807) is 6.92 Å². The summed E-state index contributed by atoms with van der Waals surface area (Å²) in [7, 11) is 0. The lowest BCUT2D eigenvalue weighted by Crippen LogP contribution is -2.07. The van der Waals surface area contributed by atoms with Crippen molar-refractivity contribution in [3.8, 4) is 16.9 Å². The van der Waals surface area contributed by atoms with Crippen molar-refractivity contribution in [1.82, 2.24) is 0 Å². The van der Waals surface area contributed by atoms with E-state index in [2.05, 4.69) is 0 Å². The Morgan fingerprint density at radius 3 is 2.45 bits per heavy atom. The SMILES string of the molecule is CCOC(=O)c1c(N)sc(C)c1-c1ccc(OC(C)C)cc1. The summed E-state index contributed by atoms with van der Waals surface area (Å²) < 4.78 is 10.8. The highest BCUT2D eigenvalue weighted by atomic mass is 32.1. The third-order valence-corrected chi connectivity index (χ3v) is 4.04. The first-order chi connectivity index (χ1) is 10.4. The Kier molecular flexibility index (Phi) is 5.08. The highest BCUT2D eigenvalue weighted by Gasteiger charge is 2.22. The minimum atomic E-state index is -0.373. The molecule has 0 saturated heterocycles. The van der Waals surface area contributed by atoms with Crippen LogP contribution in [0.5, 0.6) is 5.75 Å². The van der Waals surface area contributed by atoms with Crippen LogP contribution in [0.1, 0.15) is 36.0 Å². The first kappa shape index (κ1) is 16.4. The lowest BCUT2D eigenvalue weighted by molar-refractivity contribution is 0.0529. The highest BCUT2D eigenvalue weighted by Crippen LogP contribution is 2.39. The summed E-state index contributed by atoms with van der Waals surface area (Å²) in [5.74, 6) is 0.430. The van der Waals surface area contributed by atoms with Crippen LogP contribution < -0.4 is 10.5 Å². The van der Waals surface area contributed by atoms with Crippen molar-refractivity contribution in [2.45, 2.75) is 33.8 Å². The second-order valence-electron chi connectivity index (χ2n) is 5.18. The predicted molar refractivity (Wildman–Crippen MR) is 90.6 cm³/mol. The Labute approximate surface area is 134 Å². The predicted octanol–water partition coefficient (Wildman–Crippen LogP) is 4.27. The third-order valence-electron chi connectivity index (χ3n) is 3.11. The van der Waals surface area contributed by atoms with E-state index < -0.39 is 0 Å². The molecule has 0 aliphatic rings. The van der Waals surface area contributed by atoms with E-state index >= 15 is 0 Å². The van der Waals surface area contributed by atoms with Crippen LogP contribution in [0.3, 0.4) is 0 Å². The van der Waals surface area contributed by atoms with Gasteiger partial charge in [0.05, 0.1) is 12.7 Å². The number of hydrogen-bond acceptors (Lipinski definition) is 5. The molecule has 2 N–H and O–H groups in total. The van der Waals surface area contributed by atoms with Gasteiger partial charge in [0.15, 0.2) is 0 Å². The number of aryl methyl sites for hydroxylation is 1. The van der Waals surface area contributed by atoms with Gasteiger partial charge in [-0.1, -0.05) is 12.1 Å². The van der Waals surface area contributed by atoms with Gasteiger partial charge in [-0.3, -0.25) is 0 Å². The maximum absolute atomic E-state index is 12.2. The van der Waals surface area contributed by atoms with Crippen LogP contribution in [0.15, 0.2) is 24.3 Å². The first-order valence-electron chi connectivity index (χ1n) is 7.27. The van der Waals surface area contributed by atoms with Gasteiger partial charge < -0.3 is 15.2 Å². The number of nitrogens with two attached hydrogens (primary N) is 1. The standard InChI is InChI=1S/C17H21NO3S/c1-5-20-17(19)15-14(11(4)22-16(15)18)12-6-8-13(9-7-12)21-10(2)3/h6-10H,5,18H2,1-4H3. The Bertz CT molecular complexity index is 659. The van der Waals surface area contributed by atoms with Crippen molar-refractivity contribution in [2.24, 2.45) is 0 Å². The lowest BCUT2D eigenvalue weighted by Gasteiger charge is -2.11. The van der Waals surface area contributed by atoms with E-state index in [4.69, 9.17) is 15.2 Å². The van der Waals surface area contributed by atoms with Crippen LogP contribution in [0.4, 0.5) is 5.00 Å². The molecule has 118 valence electrons. The average Bonchev–Trinajstić information content (AvgIpc) is 2.74. The van der Waals surface area contributed by atoms with Gasteiger partial charge in [0.1, 0.15) is 16.3 Å². The summed E-state index contributed by atoms with van der Waals surface area (Å²) in [5, 5.41) is 0.494. The number of esters is 1. The number of nitrogen functional groups attached to an aromatic ring is 1. The zero-order valence-corrected chi connectivity index (χ0v) is 14.1. The van der Waals surface area contributed by atoms with Crippen LogP contribution >= 0.6 is 11.3 Å². The number of rotatable bonds is 5. The molecule has 1 aromatic heterocycles. The van der Waals surface area contributed by atoms with Crippen molar-refractivity contribution in [1.29, 1.82) is 0 Å². The number of benzene rings is 1. The van der Waals surface area contributed by atoms with Crippen LogP contribution in [0.25, 0.3) is 11.1 Å². The molecule has 0 bridgehead atoms. The molecular weight excluding hydrogens is 298 g/mol. The smallest absolute Gasteiger partial charge is 0.341 e. The molecule has 1 aromatic carbocycles. The quantitative estimate of drug-likeness (QED) is 0.836. The molecule has 0 radical (unpaired) electrons. The maximum Gasteiger partial charge on any atom is 0.341 e. The molecule has 22 heavy (non-hydrogen) atoms. The van der Waals surface area contributed by atoms with Crippen molar-refractivity contribution in [3.05, 3.63) is 34.7 Å². The summed E-state index contributed by atoms with van der Waals surface area (Å²) in [5.41, 5.74) is 8.24. The fourth-order valence-corrected chi connectivity index (χ4v) is 3.23. The summed E-state index contributed by atoms with van der Waals surface area (Å²) in [4.78, 5) is 13.2. The van der Waals surface area contributed by atoms with Gasteiger partial charge in [0.2, 0.25) is 0 Å². The number of carbonyl (C=O) groups excluding carboxylic acids is 1. The topological polar surface area (TPSA) is 61.5 Å². The molecule has 5 heteroatoms. The van der Waals surface area contributed by atoms with Gasteiger partial charge in [0, 0.05) is 10.4 Å². The normalized spacial score (nSPS) is 10.8. The van der Waals surface area contributed by atoms with Gasteiger partial charge in [0.25, 0.3) is 0 Å². The number of thiophene rings is 1. The van der Waals surface area contributed by atoms with Crippen LogP contribution in [0.2, 0.25) is 0 Å². The lowest BCUT2D eigenvalue weighted by atomic mass is 10.0. The van der Waals surface area contributed by atoms with E-state index in [1.165, 1.54) is 11.3 Å². The Balaban J connectivity index is 2.41. The Hall–Kier alpha value is -2.01. The van der Waals surface area contributed by atoms with Gasteiger partial charge in [-0.25, -0.2) is 4.79 Å². The second kappa shape index (κ2) is 6.83. The van der Waals surface area contributed by atoms with Gasteiger partial charge in [-0.15, -0.1) is 11.3 Å². The van der Waals surface area contributed by atoms with Crippen LogP contribution in [0, 0.1) is 6.92 Å². The van der Waals surface area contributed by atoms with Crippen molar-refractivity contribution in [2.75, 3.05) is 12.3 Å². The van der Waals surface area contributed by atoms with Gasteiger partial charge in [-0.2, -0.15) is 0 Å². The molecule has 0 amide bonds. The minimum Gasteiger partial charge on any atom is -0.491 e. The largest absolute Gasteiger partial charge is 0.491 e. The number of carbonyl (C=O) groups is 1. The third kappa shape index (κ3) is 3.42. The molecule has 4 nitrogen and oxygen atoms in total. The molecule has 2 aromatic rings. The van der Waals surface area contributed by atoms with Crippen molar-refractivity contribution < 1.29 is 14.3 Å². The molecule has 0 aliphatic carbocycles. The Morgan fingerprint density at radius 1 is 1.27 bits per heavy atom. The second-order valence-corrected chi connectivity index (χ2v) is 6.44. The number of ether oxygens (including phenoxy) is 2. The van der Waals surface area contributed by atoms with Gasteiger partial charge >= 0.3 is 5.97 Å². The summed E-state index contributed by atoms with van der Waals surface area (Å²) in [6, 6.07) is 7.68. The van der Waals surface area contributed by atoms with Gasteiger partial charge in [-0.05, 0) is 45.4 Å². The molecule has 0 fully saturated rings. The molecular formula is C17H21NO3S. The average molecular weight is 319 g/mol. The van der Waals surface area contributed by atoms with E-state index in [1.807, 2.05) is 45.0 Å². The molecule has 0 atom stereocenters. The Morgan fingerprint density at radius 2 is 1.91 bits per heavy atom.